The number of halogens is 4. The van der Waals surface area contributed by atoms with E-state index in [1.165, 1.54) is 24.4 Å². The molecule has 1 saturated heterocycles. The highest BCUT2D eigenvalue weighted by molar-refractivity contribution is 7.59. The molecule has 2 atom stereocenters. The minimum Gasteiger partial charge on any atom is -0.481 e. The molecular weight excluding hydrogens is 620 g/mol. The van der Waals surface area contributed by atoms with Crippen LogP contribution in [0.5, 0.6) is 0 Å². The minimum absolute atomic E-state index is 0. The fourth-order valence-electron chi connectivity index (χ4n) is 6.30. The molecule has 2 aromatic carbocycles. The second-order valence-electron chi connectivity index (χ2n) is 12.7. The normalized spacial score (nSPS) is 14.9. The number of hydrogen-bond donors (Lipinski definition) is 1. The van der Waals surface area contributed by atoms with Gasteiger partial charge in [-0.1, -0.05) is 13.8 Å². The molecule has 250 valence electrons. The topological polar surface area (TPSA) is 79.6 Å². The predicted octanol–water partition coefficient (Wildman–Crippen LogP) is 6.97. The zero-order valence-electron chi connectivity index (χ0n) is 26.8. The summed E-state index contributed by atoms with van der Waals surface area (Å²) in [5, 5.41) is 9.78. The van der Waals surface area contributed by atoms with Crippen molar-refractivity contribution < 1.29 is 32.3 Å². The van der Waals surface area contributed by atoms with E-state index in [2.05, 4.69) is 0 Å². The van der Waals surface area contributed by atoms with Gasteiger partial charge in [0.1, 0.15) is 17.8 Å². The zero-order valence-corrected chi connectivity index (χ0v) is 27.8. The summed E-state index contributed by atoms with van der Waals surface area (Å²) in [5.74, 6) is -5.03. The van der Waals surface area contributed by atoms with Gasteiger partial charge in [-0.05, 0) is 109 Å². The summed E-state index contributed by atoms with van der Waals surface area (Å²) < 4.78 is 59.0. The third-order valence-electron chi connectivity index (χ3n) is 8.46. The third kappa shape index (κ3) is 8.67. The van der Waals surface area contributed by atoms with Gasteiger partial charge in [-0.25, -0.2) is 17.6 Å². The molecule has 0 bridgehead atoms. The Kier molecular flexibility index (Phi) is 12.4. The standard InChI is InChI=1S/C35H40F4N2O4.H2S/c1-19(2)8-30(41-16-23(12-29(38)35(41)45)6-7-40-17-27(37)18-40)31(42)14-24(15-32(43)44)28-13-25(9-22(5)34(28)39)33-20(3)10-26(36)11-21(33)4;/h9-13,16,19,24,27,30H,6-8,14-15,17-18H2,1-5H3,(H,43,44);1H2/t24-,30?;/m0./s1. The minimum atomic E-state index is -1.24. The van der Waals surface area contributed by atoms with Crippen LogP contribution < -0.4 is 5.56 Å². The van der Waals surface area contributed by atoms with Gasteiger partial charge in [-0.3, -0.25) is 19.3 Å². The Morgan fingerprint density at radius 3 is 2.15 bits per heavy atom. The molecule has 1 aromatic heterocycles. The number of ketones is 1. The van der Waals surface area contributed by atoms with Crippen LogP contribution >= 0.6 is 13.5 Å². The van der Waals surface area contributed by atoms with Gasteiger partial charge in [-0.15, -0.1) is 0 Å². The number of likely N-dealkylation sites (tertiary alicyclic amines) is 1. The van der Waals surface area contributed by atoms with E-state index in [-0.39, 0.29) is 37.0 Å². The van der Waals surface area contributed by atoms with Crippen molar-refractivity contribution in [1.29, 1.82) is 0 Å². The second-order valence-corrected chi connectivity index (χ2v) is 12.7. The highest BCUT2D eigenvalue weighted by Gasteiger charge is 2.31. The van der Waals surface area contributed by atoms with Gasteiger partial charge in [-0.2, -0.15) is 13.5 Å². The van der Waals surface area contributed by atoms with Crippen LogP contribution in [-0.2, 0) is 16.0 Å². The summed E-state index contributed by atoms with van der Waals surface area (Å²) >= 11 is 0. The Morgan fingerprint density at radius 1 is 0.957 bits per heavy atom. The van der Waals surface area contributed by atoms with Crippen molar-refractivity contribution in [1.82, 2.24) is 9.47 Å². The first kappa shape index (κ1) is 37.0. The number of aromatic nitrogens is 1. The largest absolute Gasteiger partial charge is 0.481 e. The van der Waals surface area contributed by atoms with Crippen LogP contribution in [0.15, 0.2) is 41.3 Å². The maximum atomic E-state index is 15.7. The number of Topliss-reactive ketones (excluding diaryl/α,β-unsaturated/α-hetero) is 1. The molecule has 0 spiro atoms. The molecule has 0 amide bonds. The van der Waals surface area contributed by atoms with Crippen molar-refractivity contribution in [3.8, 4) is 11.1 Å². The van der Waals surface area contributed by atoms with Crippen molar-refractivity contribution in [2.75, 3.05) is 19.6 Å². The average molecular weight is 663 g/mol. The monoisotopic (exact) mass is 662 g/mol. The van der Waals surface area contributed by atoms with Crippen LogP contribution in [0.2, 0.25) is 0 Å². The number of aliphatic carboxylic acids is 1. The number of carbonyl (C=O) groups is 2. The van der Waals surface area contributed by atoms with E-state index in [0.29, 0.717) is 53.9 Å². The van der Waals surface area contributed by atoms with Crippen molar-refractivity contribution >= 4 is 25.2 Å². The van der Waals surface area contributed by atoms with Gasteiger partial charge in [0.25, 0.3) is 5.56 Å². The summed E-state index contributed by atoms with van der Waals surface area (Å²) in [6.07, 6.45) is 0.104. The second kappa shape index (κ2) is 15.4. The molecule has 4 rings (SSSR count). The van der Waals surface area contributed by atoms with Gasteiger partial charge in [0.05, 0.1) is 12.5 Å². The molecule has 11 heteroatoms. The van der Waals surface area contributed by atoms with Crippen molar-refractivity contribution in [2.45, 2.75) is 78.4 Å². The molecule has 3 aromatic rings. The first-order valence-corrected chi connectivity index (χ1v) is 15.2. The highest BCUT2D eigenvalue weighted by Crippen LogP contribution is 2.36. The Bertz CT molecular complexity index is 1630. The molecule has 0 aliphatic carbocycles. The summed E-state index contributed by atoms with van der Waals surface area (Å²) in [7, 11) is 0. The first-order chi connectivity index (χ1) is 21.1. The van der Waals surface area contributed by atoms with E-state index >= 15 is 4.39 Å². The third-order valence-corrected chi connectivity index (χ3v) is 8.46. The Balaban J connectivity index is 0.00000576. The van der Waals surface area contributed by atoms with Crippen LogP contribution in [0.3, 0.4) is 0 Å². The average Bonchev–Trinajstić information content (AvgIpc) is 2.91. The Labute approximate surface area is 273 Å². The van der Waals surface area contributed by atoms with Gasteiger partial charge >= 0.3 is 5.97 Å². The van der Waals surface area contributed by atoms with Crippen LogP contribution in [-0.4, -0.2) is 52.1 Å². The highest BCUT2D eigenvalue weighted by atomic mass is 32.1. The number of pyridine rings is 1. The number of nitrogens with zero attached hydrogens (tertiary/aromatic N) is 2. The SMILES string of the molecule is Cc1cc(-c2c(C)cc(F)cc2C)cc([C@H](CC(=O)O)CC(=O)C(CC(C)C)n2cc(CCN3CC(F)C3)cc(F)c2=O)c1F.S. The first-order valence-electron chi connectivity index (χ1n) is 15.2. The van der Waals surface area contributed by atoms with E-state index in [1.807, 2.05) is 18.7 Å². The molecule has 46 heavy (non-hydrogen) atoms. The lowest BCUT2D eigenvalue weighted by Crippen LogP contribution is -2.49. The molecule has 1 unspecified atom stereocenters. The lowest BCUT2D eigenvalue weighted by Gasteiger charge is -2.34. The Hall–Kier alpha value is -3.44. The van der Waals surface area contributed by atoms with E-state index in [4.69, 9.17) is 0 Å². The number of hydrogen-bond acceptors (Lipinski definition) is 4. The number of carboxylic acid groups (broad SMARTS) is 1. The number of aryl methyl sites for hydroxylation is 3. The van der Waals surface area contributed by atoms with E-state index in [1.54, 1.807) is 26.8 Å². The smallest absolute Gasteiger partial charge is 0.303 e. The zero-order chi connectivity index (χ0) is 33.2. The maximum absolute atomic E-state index is 15.7. The molecule has 1 aliphatic heterocycles. The molecule has 6 nitrogen and oxygen atoms in total. The fourth-order valence-corrected chi connectivity index (χ4v) is 6.30. The molecule has 1 aliphatic rings. The van der Waals surface area contributed by atoms with E-state index < -0.39 is 65.7 Å². The number of carbonyl (C=O) groups excluding carboxylic acids is 1. The molecule has 0 saturated carbocycles. The molecule has 0 radical (unpaired) electrons. The molecule has 1 fully saturated rings. The fraction of sp³-hybridized carbons (Fsp3) is 0.457. The molecule has 2 heterocycles. The van der Waals surface area contributed by atoms with Crippen LogP contribution in [0, 0.1) is 44.1 Å². The number of alkyl halides is 1. The van der Waals surface area contributed by atoms with E-state index in [9.17, 15) is 32.7 Å². The summed E-state index contributed by atoms with van der Waals surface area (Å²) in [5.41, 5.74) is 2.23. The summed E-state index contributed by atoms with van der Waals surface area (Å²) in [6, 6.07) is 5.85. The van der Waals surface area contributed by atoms with Gasteiger partial charge in [0, 0.05) is 38.2 Å². The van der Waals surface area contributed by atoms with Crippen molar-refractivity contribution in [3.63, 3.8) is 0 Å². The van der Waals surface area contributed by atoms with Gasteiger partial charge in [0.15, 0.2) is 11.6 Å². The summed E-state index contributed by atoms with van der Waals surface area (Å²) in [4.78, 5) is 40.9. The predicted molar refractivity (Wildman–Crippen MR) is 175 cm³/mol. The number of rotatable bonds is 13. The molecule has 1 N–H and O–H groups in total. The number of benzene rings is 2. The van der Waals surface area contributed by atoms with Gasteiger partial charge in [0.2, 0.25) is 0 Å². The van der Waals surface area contributed by atoms with Crippen LogP contribution in [0.4, 0.5) is 17.6 Å². The summed E-state index contributed by atoms with van der Waals surface area (Å²) in [6.45, 7) is 9.73. The lowest BCUT2D eigenvalue weighted by molar-refractivity contribution is -0.137. The molecular formula is C35H42F4N2O4S. The van der Waals surface area contributed by atoms with Crippen molar-refractivity contribution in [3.05, 3.63) is 92.2 Å². The maximum Gasteiger partial charge on any atom is 0.303 e. The number of carboxylic acids is 1. The van der Waals surface area contributed by atoms with Gasteiger partial charge < -0.3 is 9.67 Å². The van der Waals surface area contributed by atoms with Crippen molar-refractivity contribution in [2.24, 2.45) is 5.92 Å². The van der Waals surface area contributed by atoms with E-state index in [0.717, 1.165) is 10.6 Å². The van der Waals surface area contributed by atoms with Crippen LogP contribution in [0.25, 0.3) is 11.1 Å². The van der Waals surface area contributed by atoms with Crippen LogP contribution in [0.1, 0.15) is 72.9 Å². The lowest BCUT2D eigenvalue weighted by atomic mass is 9.84. The Morgan fingerprint density at radius 2 is 1.59 bits per heavy atom. The quantitative estimate of drug-likeness (QED) is 0.200.